The summed E-state index contributed by atoms with van der Waals surface area (Å²) in [6.07, 6.45) is 0.794. The Morgan fingerprint density at radius 1 is 1.33 bits per heavy atom. The van der Waals surface area contributed by atoms with E-state index in [0.29, 0.717) is 12.3 Å². The Morgan fingerprint density at radius 3 is 2.73 bits per heavy atom. The molecular formula is C12H16N2O. The lowest BCUT2D eigenvalue weighted by Crippen LogP contribution is -2.03. The molecule has 3 heteroatoms. The van der Waals surface area contributed by atoms with Crippen LogP contribution >= 0.6 is 0 Å². The molecule has 0 atom stereocenters. The van der Waals surface area contributed by atoms with Crippen LogP contribution in [0.25, 0.3) is 10.9 Å². The summed E-state index contributed by atoms with van der Waals surface area (Å²) >= 11 is 0. The summed E-state index contributed by atoms with van der Waals surface area (Å²) in [5.41, 5.74) is 9.97. The van der Waals surface area contributed by atoms with E-state index in [2.05, 4.69) is 4.98 Å². The van der Waals surface area contributed by atoms with Crippen LogP contribution in [-0.4, -0.2) is 16.6 Å². The molecule has 2 rings (SSSR count). The van der Waals surface area contributed by atoms with E-state index in [4.69, 9.17) is 5.73 Å². The van der Waals surface area contributed by atoms with E-state index in [1.165, 1.54) is 0 Å². The van der Waals surface area contributed by atoms with Gasteiger partial charge >= 0.3 is 0 Å². The van der Waals surface area contributed by atoms with Gasteiger partial charge in [0.2, 0.25) is 0 Å². The third-order valence-corrected chi connectivity index (χ3v) is 2.85. The molecule has 1 aromatic heterocycles. The first-order valence-corrected chi connectivity index (χ1v) is 5.15. The SMILES string of the molecule is Cc1[nH]c2c(C)ccc(O)c2c1CCN. The van der Waals surface area contributed by atoms with Gasteiger partial charge in [0.05, 0.1) is 5.52 Å². The topological polar surface area (TPSA) is 62.0 Å². The predicted octanol–water partition coefficient (Wildman–Crippen LogP) is 1.99. The van der Waals surface area contributed by atoms with Gasteiger partial charge in [0.25, 0.3) is 0 Å². The first-order chi connectivity index (χ1) is 7.15. The number of H-pyrrole nitrogens is 1. The maximum absolute atomic E-state index is 9.86. The first-order valence-electron chi connectivity index (χ1n) is 5.15. The van der Waals surface area contributed by atoms with Gasteiger partial charge in [0.15, 0.2) is 0 Å². The number of nitrogens with two attached hydrogens (primary N) is 1. The normalized spacial score (nSPS) is 11.1. The predicted molar refractivity (Wildman–Crippen MR) is 62.2 cm³/mol. The van der Waals surface area contributed by atoms with Gasteiger partial charge in [-0.05, 0) is 44.0 Å². The minimum atomic E-state index is 0.336. The van der Waals surface area contributed by atoms with Crippen LogP contribution in [0.15, 0.2) is 12.1 Å². The summed E-state index contributed by atoms with van der Waals surface area (Å²) in [6.45, 7) is 4.65. The minimum absolute atomic E-state index is 0.336. The number of rotatable bonds is 2. The van der Waals surface area contributed by atoms with Crippen molar-refractivity contribution in [1.29, 1.82) is 0 Å². The Bertz CT molecular complexity index is 500. The van der Waals surface area contributed by atoms with Gasteiger partial charge in [0.1, 0.15) is 5.75 Å². The number of nitrogens with one attached hydrogen (secondary N) is 1. The van der Waals surface area contributed by atoms with Crippen molar-refractivity contribution < 1.29 is 5.11 Å². The van der Waals surface area contributed by atoms with Gasteiger partial charge in [-0.15, -0.1) is 0 Å². The van der Waals surface area contributed by atoms with Crippen LogP contribution < -0.4 is 5.73 Å². The number of aromatic amines is 1. The van der Waals surface area contributed by atoms with Crippen molar-refractivity contribution in [2.45, 2.75) is 20.3 Å². The molecule has 0 unspecified atom stereocenters. The molecule has 80 valence electrons. The van der Waals surface area contributed by atoms with Crippen LogP contribution in [0, 0.1) is 13.8 Å². The van der Waals surface area contributed by atoms with Gasteiger partial charge in [-0.1, -0.05) is 6.07 Å². The molecule has 0 aliphatic rings. The van der Waals surface area contributed by atoms with E-state index < -0.39 is 0 Å². The summed E-state index contributed by atoms with van der Waals surface area (Å²) in [7, 11) is 0. The fourth-order valence-electron chi connectivity index (χ4n) is 2.07. The summed E-state index contributed by atoms with van der Waals surface area (Å²) in [4.78, 5) is 3.31. The maximum atomic E-state index is 9.86. The van der Waals surface area contributed by atoms with Crippen LogP contribution in [0.2, 0.25) is 0 Å². The van der Waals surface area contributed by atoms with Gasteiger partial charge in [-0.2, -0.15) is 0 Å². The molecule has 0 saturated carbocycles. The third kappa shape index (κ3) is 1.49. The minimum Gasteiger partial charge on any atom is -0.507 e. The van der Waals surface area contributed by atoms with E-state index in [0.717, 1.165) is 34.1 Å². The number of benzene rings is 1. The van der Waals surface area contributed by atoms with Crippen molar-refractivity contribution >= 4 is 10.9 Å². The van der Waals surface area contributed by atoms with E-state index >= 15 is 0 Å². The number of aryl methyl sites for hydroxylation is 2. The quantitative estimate of drug-likeness (QED) is 0.700. The van der Waals surface area contributed by atoms with E-state index in [1.807, 2.05) is 19.9 Å². The number of fused-ring (bicyclic) bond motifs is 1. The maximum Gasteiger partial charge on any atom is 0.125 e. The third-order valence-electron chi connectivity index (χ3n) is 2.85. The fourth-order valence-corrected chi connectivity index (χ4v) is 2.07. The zero-order valence-electron chi connectivity index (χ0n) is 9.09. The van der Waals surface area contributed by atoms with Crippen LogP contribution in [-0.2, 0) is 6.42 Å². The Kier molecular flexibility index (Phi) is 2.40. The summed E-state index contributed by atoms with van der Waals surface area (Å²) in [6, 6.07) is 3.66. The standard InChI is InChI=1S/C12H16N2O/c1-7-3-4-10(15)11-9(5-6-13)8(2)14-12(7)11/h3-4,14-15H,5-6,13H2,1-2H3. The highest BCUT2D eigenvalue weighted by Gasteiger charge is 2.12. The van der Waals surface area contributed by atoms with E-state index in [1.54, 1.807) is 6.07 Å². The number of phenolic OH excluding ortho intramolecular Hbond substituents is 1. The molecule has 1 heterocycles. The van der Waals surface area contributed by atoms with Crippen molar-refractivity contribution in [2.75, 3.05) is 6.54 Å². The molecule has 0 amide bonds. The molecule has 4 N–H and O–H groups in total. The monoisotopic (exact) mass is 204 g/mol. The lowest BCUT2D eigenvalue weighted by molar-refractivity contribution is 0.481. The zero-order valence-corrected chi connectivity index (χ0v) is 9.09. The molecule has 0 fully saturated rings. The average Bonchev–Trinajstić information content (AvgIpc) is 2.53. The molecule has 0 spiro atoms. The number of phenols is 1. The summed E-state index contributed by atoms with van der Waals surface area (Å²) in [5, 5.41) is 10.8. The lowest BCUT2D eigenvalue weighted by atomic mass is 10.0. The number of aromatic nitrogens is 1. The highest BCUT2D eigenvalue weighted by Crippen LogP contribution is 2.32. The van der Waals surface area contributed by atoms with Crippen molar-refractivity contribution in [1.82, 2.24) is 4.98 Å². The first kappa shape index (κ1) is 10.1. The van der Waals surface area contributed by atoms with Gasteiger partial charge in [-0.3, -0.25) is 0 Å². The fraction of sp³-hybridized carbons (Fsp3) is 0.333. The smallest absolute Gasteiger partial charge is 0.125 e. The molecule has 0 aliphatic heterocycles. The van der Waals surface area contributed by atoms with Gasteiger partial charge in [-0.25, -0.2) is 0 Å². The molecule has 0 bridgehead atoms. The van der Waals surface area contributed by atoms with Gasteiger partial charge < -0.3 is 15.8 Å². The molecular weight excluding hydrogens is 188 g/mol. The van der Waals surface area contributed by atoms with Crippen LogP contribution in [0.1, 0.15) is 16.8 Å². The number of hydrogen-bond donors (Lipinski definition) is 3. The van der Waals surface area contributed by atoms with E-state index in [9.17, 15) is 5.11 Å². The van der Waals surface area contributed by atoms with Crippen molar-refractivity contribution in [3.63, 3.8) is 0 Å². The summed E-state index contributed by atoms with van der Waals surface area (Å²) in [5.74, 6) is 0.336. The summed E-state index contributed by atoms with van der Waals surface area (Å²) < 4.78 is 0. The van der Waals surface area contributed by atoms with Crippen LogP contribution in [0.4, 0.5) is 0 Å². The second-order valence-electron chi connectivity index (χ2n) is 3.92. The van der Waals surface area contributed by atoms with Crippen molar-refractivity contribution in [2.24, 2.45) is 5.73 Å². The molecule has 0 radical (unpaired) electrons. The van der Waals surface area contributed by atoms with Gasteiger partial charge in [0, 0.05) is 11.1 Å². The Hall–Kier alpha value is -1.48. The molecule has 15 heavy (non-hydrogen) atoms. The molecule has 2 aromatic rings. The second kappa shape index (κ2) is 3.59. The van der Waals surface area contributed by atoms with Crippen molar-refractivity contribution in [3.05, 3.63) is 29.0 Å². The molecule has 1 aromatic carbocycles. The second-order valence-corrected chi connectivity index (χ2v) is 3.92. The average molecular weight is 204 g/mol. The number of aromatic hydroxyl groups is 1. The zero-order chi connectivity index (χ0) is 11.0. The molecule has 0 saturated heterocycles. The molecule has 3 nitrogen and oxygen atoms in total. The van der Waals surface area contributed by atoms with Crippen LogP contribution in [0.5, 0.6) is 5.75 Å². The largest absolute Gasteiger partial charge is 0.507 e. The van der Waals surface area contributed by atoms with Crippen molar-refractivity contribution in [3.8, 4) is 5.75 Å². The Labute approximate surface area is 88.9 Å². The highest BCUT2D eigenvalue weighted by molar-refractivity contribution is 5.92. The molecule has 0 aliphatic carbocycles. The van der Waals surface area contributed by atoms with Crippen LogP contribution in [0.3, 0.4) is 0 Å². The van der Waals surface area contributed by atoms with E-state index in [-0.39, 0.29) is 0 Å². The number of hydrogen-bond acceptors (Lipinski definition) is 2. The highest BCUT2D eigenvalue weighted by atomic mass is 16.3. The lowest BCUT2D eigenvalue weighted by Gasteiger charge is -2.02. The Morgan fingerprint density at radius 2 is 2.07 bits per heavy atom. The Balaban J connectivity index is 2.79.